The number of carbonyl (C=O) groups excluding carboxylic acids is 5. The van der Waals surface area contributed by atoms with E-state index >= 15 is 0 Å². The number of aliphatic hydroxyl groups excluding tert-OH is 5. The van der Waals surface area contributed by atoms with Crippen LogP contribution in [0.3, 0.4) is 0 Å². The number of rotatable bonds is 5. The molecule has 7 N–H and O–H groups in total. The van der Waals surface area contributed by atoms with Crippen LogP contribution in [-0.4, -0.2) is 227 Å². The van der Waals surface area contributed by atoms with Crippen molar-refractivity contribution in [2.45, 2.75) is 115 Å². The van der Waals surface area contributed by atoms with Gasteiger partial charge < -0.3 is 60.5 Å². The fourth-order valence-corrected chi connectivity index (χ4v) is 8.43. The second kappa shape index (κ2) is 57.7. The molecule has 6 saturated heterocycles. The Hall–Kier alpha value is -10.1. The van der Waals surface area contributed by atoms with Gasteiger partial charge in [0.05, 0.1) is 44.9 Å². The standard InChI is InChI=1S/C13H14FNO3.3C11H12FNO2.C6H2.C5H4.2C4H8FNO.C4H6.2C3H4.C2H2.ClH/c1-9(16)18-12-8-15(7-11(12)14)13(17)10-5-3-2-4-6-10;3*12-9-6-13(7-10(9)14)11(15)8-4-2-1-3-5-8;1-3-5-6-4-2;1-3-5-4-2;2*5-3-1-6-2-4(3)7;1-3-4-2;2*1-3-2;1-2;/h2-6,11-12H,7-8H2,1H3;3*1-5,9-10,14H,6-7H2;1-2H;1H,2H3;2*3-4,6-7H,1-2H2;1-2H3;2*1H,2H3;1-2H;1H/t11-,12-;3*9-,10-;;;2*3-,4-;;;;;/m0111..10...../s1. The Kier molecular flexibility index (Phi) is 54.3. The Balaban J connectivity index is -0.00000109. The minimum atomic E-state index is -1.32. The highest BCUT2D eigenvalue weighted by atomic mass is 35.5. The second-order valence-corrected chi connectivity index (χ2v) is 20.8. The van der Waals surface area contributed by atoms with Gasteiger partial charge in [-0.1, -0.05) is 78.7 Å². The summed E-state index contributed by atoms with van der Waals surface area (Å²) in [6.45, 7) is 11.6. The molecule has 17 nitrogen and oxygen atoms in total. The van der Waals surface area contributed by atoms with Crippen molar-refractivity contribution in [3.63, 3.8) is 0 Å². The highest BCUT2D eigenvalue weighted by Gasteiger charge is 2.39. The van der Waals surface area contributed by atoms with Crippen LogP contribution in [-0.2, 0) is 9.53 Å². The number of amides is 4. The number of nitrogens with zero attached hydrogens (tertiary/aromatic N) is 4. The third-order valence-electron chi connectivity index (χ3n) is 13.3. The molecule has 6 fully saturated rings. The first-order valence-electron chi connectivity index (χ1n) is 30.7. The summed E-state index contributed by atoms with van der Waals surface area (Å²) in [6, 6.07) is 34.7. The number of carbonyl (C=O) groups is 5. The third kappa shape index (κ3) is 39.9. The van der Waals surface area contributed by atoms with Crippen LogP contribution < -0.4 is 10.6 Å². The topological polar surface area (TPSA) is 233 Å². The van der Waals surface area contributed by atoms with Crippen LogP contribution in [0.15, 0.2) is 121 Å². The van der Waals surface area contributed by atoms with Gasteiger partial charge in [0.2, 0.25) is 0 Å². The van der Waals surface area contributed by atoms with Crippen molar-refractivity contribution >= 4 is 42.0 Å². The van der Waals surface area contributed by atoms with Crippen molar-refractivity contribution in [1.29, 1.82) is 0 Å². The van der Waals surface area contributed by atoms with Gasteiger partial charge >= 0.3 is 5.97 Å². The Morgan fingerprint density at radius 3 is 0.792 bits per heavy atom. The molecule has 4 aromatic carbocycles. The molecular weight excluding hydrogens is 1330 g/mol. The lowest BCUT2D eigenvalue weighted by molar-refractivity contribution is -0.147. The van der Waals surface area contributed by atoms with E-state index in [0.29, 0.717) is 48.4 Å². The van der Waals surface area contributed by atoms with Gasteiger partial charge in [-0.15, -0.1) is 81.1 Å². The maximum Gasteiger partial charge on any atom is 0.303 e. The summed E-state index contributed by atoms with van der Waals surface area (Å²) in [4.78, 5) is 63.6. The van der Waals surface area contributed by atoms with Crippen molar-refractivity contribution in [2.75, 3.05) is 78.5 Å². The van der Waals surface area contributed by atoms with Crippen LogP contribution in [0.5, 0.6) is 0 Å². The van der Waals surface area contributed by atoms with Crippen LogP contribution >= 0.6 is 12.4 Å². The molecule has 101 heavy (non-hydrogen) atoms. The van der Waals surface area contributed by atoms with E-state index in [1.54, 1.807) is 124 Å². The minimum Gasteiger partial charge on any atom is -0.457 e. The molecule has 0 bridgehead atoms. The SMILES string of the molecule is C#C.C#CC.C#CC.C#CC#CC.C#CC#CC#C.CC#CC.CC(=O)O[C@H]1CN(C(=O)c2ccccc2)C[C@@H]1F.Cl.O=C(c1ccccc1)N1C[C@@H](O)[C@H](F)C1.O=C(c1ccccc1)N1C[C@@H](O)[C@H](F)C1.O=C(c1ccccc1)N1C[C@@H](O)[C@H](F)C1.O[C@@H]1CNC[C@H]1F.O[C@H]1CNC[C@@H]1F. The van der Waals surface area contributed by atoms with Crippen LogP contribution in [0.1, 0.15) is 83.0 Å². The summed E-state index contributed by atoms with van der Waals surface area (Å²) in [7, 11) is 0. The molecule has 6 aliphatic heterocycles. The Morgan fingerprint density at radius 1 is 0.386 bits per heavy atom. The molecule has 4 aromatic rings. The van der Waals surface area contributed by atoms with Gasteiger partial charge in [0.1, 0.15) is 49.2 Å². The van der Waals surface area contributed by atoms with E-state index in [1.807, 2.05) is 32.0 Å². The number of likely N-dealkylation sites (tertiary alicyclic amines) is 4. The summed E-state index contributed by atoms with van der Waals surface area (Å²) >= 11 is 0. The Bertz CT molecular complexity index is 3190. The van der Waals surface area contributed by atoms with Crippen LogP contribution in [0.4, 0.5) is 26.3 Å². The summed E-state index contributed by atoms with van der Waals surface area (Å²) in [5.41, 5.74) is 2.09. The maximum absolute atomic E-state index is 13.6. The van der Waals surface area contributed by atoms with Gasteiger partial charge in [-0.2, -0.15) is 0 Å². The lowest BCUT2D eigenvalue weighted by Crippen LogP contribution is -2.30. The summed E-state index contributed by atoms with van der Waals surface area (Å²) in [5.74, 6) is 24.1. The summed E-state index contributed by atoms with van der Waals surface area (Å²) in [5, 5.41) is 50.1. The zero-order valence-corrected chi connectivity index (χ0v) is 58.0. The monoisotopic (exact) mass is 1420 g/mol. The molecule has 4 amide bonds. The smallest absolute Gasteiger partial charge is 0.303 e. The van der Waals surface area contributed by atoms with Gasteiger partial charge in [-0.25, -0.2) is 26.3 Å². The molecule has 6 heterocycles. The maximum atomic E-state index is 13.6. The van der Waals surface area contributed by atoms with Crippen LogP contribution in [0.2, 0.25) is 0 Å². The number of nitrogens with one attached hydrogen (secondary N) is 2. The molecule has 542 valence electrons. The number of terminal acetylenes is 6. The van der Waals surface area contributed by atoms with E-state index < -0.39 is 79.6 Å². The van der Waals surface area contributed by atoms with E-state index in [1.165, 1.54) is 26.5 Å². The molecule has 0 radical (unpaired) electrons. The number of hydrogen-bond acceptors (Lipinski definition) is 13. The lowest BCUT2D eigenvalue weighted by atomic mass is 10.2. The lowest BCUT2D eigenvalue weighted by Gasteiger charge is -2.15. The van der Waals surface area contributed by atoms with E-state index in [9.17, 15) is 65.6 Å². The first-order chi connectivity index (χ1) is 47.8. The molecule has 0 aromatic heterocycles. The fourth-order valence-electron chi connectivity index (χ4n) is 8.43. The molecule has 0 spiro atoms. The van der Waals surface area contributed by atoms with E-state index in [-0.39, 0.29) is 88.4 Å². The van der Waals surface area contributed by atoms with Gasteiger partial charge in [-0.3, -0.25) is 24.0 Å². The third-order valence-corrected chi connectivity index (χ3v) is 13.3. The normalized spacial score (nSPS) is 22.0. The number of esters is 1. The number of aliphatic hydroxyl groups is 5. The first-order valence-corrected chi connectivity index (χ1v) is 30.7. The molecule has 12 atom stereocenters. The summed E-state index contributed by atoms with van der Waals surface area (Å²) in [6.07, 6.45) is 18.4. The predicted octanol–water partition coefficient (Wildman–Crippen LogP) is 6.39. The quantitative estimate of drug-likeness (QED) is 0.0653. The average molecular weight is 1420 g/mol. The highest BCUT2D eigenvalue weighted by Crippen LogP contribution is 2.21. The molecule has 24 heteroatoms. The average Bonchev–Trinajstić information content (AvgIpc) is 1.77. The molecule has 10 rings (SSSR count). The number of ether oxygens (including phenoxy) is 1. The highest BCUT2D eigenvalue weighted by molar-refractivity contribution is 5.96. The van der Waals surface area contributed by atoms with Crippen molar-refractivity contribution in [3.8, 4) is 110 Å². The number of β-amino-alcohol motifs (C(OH)–C–C–N with tert-alkyl or cyclic N) is 5. The van der Waals surface area contributed by atoms with E-state index in [0.717, 1.165) is 0 Å². The van der Waals surface area contributed by atoms with E-state index in [2.05, 4.69) is 101 Å². The van der Waals surface area contributed by atoms with Crippen LogP contribution in [0.25, 0.3) is 0 Å². The van der Waals surface area contributed by atoms with Crippen molar-refractivity contribution in [2.24, 2.45) is 0 Å². The minimum absolute atomic E-state index is 0. The van der Waals surface area contributed by atoms with Gasteiger partial charge in [0, 0.05) is 75.0 Å². The largest absolute Gasteiger partial charge is 0.457 e. The fraction of sp³-hybridized carbons (Fsp3) is 0.390. The van der Waals surface area contributed by atoms with Gasteiger partial charge in [0.15, 0.2) is 12.3 Å². The number of alkyl halides is 6. The zero-order valence-electron chi connectivity index (χ0n) is 57.2. The van der Waals surface area contributed by atoms with Gasteiger partial charge in [0.25, 0.3) is 23.6 Å². The van der Waals surface area contributed by atoms with Crippen molar-refractivity contribution < 1.29 is 80.6 Å². The molecule has 0 aliphatic carbocycles. The van der Waals surface area contributed by atoms with Gasteiger partial charge in [-0.05, 0) is 119 Å². The Morgan fingerprint density at radius 2 is 0.634 bits per heavy atom. The molecule has 0 unspecified atom stereocenters. The molecule has 6 aliphatic rings. The Labute approximate surface area is 597 Å². The first kappa shape index (κ1) is 95.0. The summed E-state index contributed by atoms with van der Waals surface area (Å²) < 4.78 is 81.4. The van der Waals surface area contributed by atoms with Crippen molar-refractivity contribution in [3.05, 3.63) is 144 Å². The molecule has 0 saturated carbocycles. The van der Waals surface area contributed by atoms with Crippen molar-refractivity contribution in [1.82, 2.24) is 30.2 Å². The van der Waals surface area contributed by atoms with Crippen LogP contribution in [0, 0.1) is 110 Å². The number of benzene rings is 4. The second-order valence-electron chi connectivity index (χ2n) is 20.8. The van der Waals surface area contributed by atoms with E-state index in [4.69, 9.17) is 34.2 Å². The zero-order chi connectivity index (χ0) is 76.0. The molecular formula is C77H89ClF6N6O11. The predicted molar refractivity (Wildman–Crippen MR) is 383 cm³/mol. The number of halogens is 7. The number of hydrogen-bond donors (Lipinski definition) is 7.